The molecule has 1 aromatic heterocycles. The van der Waals surface area contributed by atoms with Gasteiger partial charge in [-0.05, 0) is 25.1 Å². The van der Waals surface area contributed by atoms with Gasteiger partial charge in [0.15, 0.2) is 5.13 Å². The van der Waals surface area contributed by atoms with E-state index >= 15 is 0 Å². The molecule has 1 heterocycles. The fourth-order valence-corrected chi connectivity index (χ4v) is 2.20. The van der Waals surface area contributed by atoms with E-state index in [9.17, 15) is 4.79 Å². The van der Waals surface area contributed by atoms with Crippen molar-refractivity contribution >= 4 is 32.6 Å². The molecule has 17 heavy (non-hydrogen) atoms. The summed E-state index contributed by atoms with van der Waals surface area (Å²) in [5.74, 6) is 0.530. The molecular formula is C11H13N3O2S. The minimum atomic E-state index is -0.545. The molecule has 0 spiro atoms. The summed E-state index contributed by atoms with van der Waals surface area (Å²) in [5.41, 5.74) is 6.30. The first kappa shape index (κ1) is 11.8. The Bertz CT molecular complexity index is 551. The second-order valence-electron chi connectivity index (χ2n) is 3.63. The van der Waals surface area contributed by atoms with Gasteiger partial charge in [-0.3, -0.25) is 4.79 Å². The molecule has 0 aliphatic rings. The minimum Gasteiger partial charge on any atom is -0.497 e. The van der Waals surface area contributed by atoms with Crippen molar-refractivity contribution in [3.05, 3.63) is 18.2 Å². The zero-order chi connectivity index (χ0) is 12.4. The van der Waals surface area contributed by atoms with Crippen LogP contribution in [0.5, 0.6) is 5.75 Å². The third-order valence-corrected chi connectivity index (χ3v) is 3.17. The Morgan fingerprint density at radius 3 is 3.00 bits per heavy atom. The van der Waals surface area contributed by atoms with Gasteiger partial charge in [-0.2, -0.15) is 0 Å². The number of benzene rings is 1. The molecular weight excluding hydrogens is 238 g/mol. The number of anilines is 1. The zero-order valence-corrected chi connectivity index (χ0v) is 10.4. The lowest BCUT2D eigenvalue weighted by Gasteiger charge is -2.02. The number of carbonyl (C=O) groups is 1. The van der Waals surface area contributed by atoms with Crippen molar-refractivity contribution < 1.29 is 9.53 Å². The summed E-state index contributed by atoms with van der Waals surface area (Å²) >= 11 is 1.39. The number of ether oxygens (including phenoxy) is 1. The molecule has 1 aromatic carbocycles. The molecule has 0 radical (unpaired) electrons. The number of nitrogens with zero attached hydrogens (tertiary/aromatic N) is 1. The minimum absolute atomic E-state index is 0.240. The fraction of sp³-hybridized carbons (Fsp3) is 0.273. The summed E-state index contributed by atoms with van der Waals surface area (Å²) in [6.07, 6.45) is 0. The van der Waals surface area contributed by atoms with E-state index in [2.05, 4.69) is 10.3 Å². The highest BCUT2D eigenvalue weighted by atomic mass is 32.1. The van der Waals surface area contributed by atoms with Crippen molar-refractivity contribution in [2.75, 3.05) is 12.4 Å². The van der Waals surface area contributed by atoms with Gasteiger partial charge in [-0.1, -0.05) is 11.3 Å². The quantitative estimate of drug-likeness (QED) is 0.868. The number of amides is 1. The third kappa shape index (κ3) is 2.54. The molecule has 6 heteroatoms. The predicted molar refractivity (Wildman–Crippen MR) is 68.5 cm³/mol. The summed E-state index contributed by atoms with van der Waals surface area (Å²) in [5, 5.41) is 3.22. The summed E-state index contributed by atoms with van der Waals surface area (Å²) in [7, 11) is 1.61. The molecule has 0 fully saturated rings. The van der Waals surface area contributed by atoms with Gasteiger partial charge in [-0.15, -0.1) is 0 Å². The molecule has 1 atom stereocenters. The second kappa shape index (κ2) is 4.68. The van der Waals surface area contributed by atoms with Crippen molar-refractivity contribution in [1.82, 2.24) is 4.98 Å². The first-order chi connectivity index (χ1) is 8.10. The van der Waals surface area contributed by atoms with Crippen LogP contribution in [-0.2, 0) is 4.79 Å². The molecule has 90 valence electrons. The number of fused-ring (bicyclic) bond motifs is 1. The van der Waals surface area contributed by atoms with Crippen LogP contribution in [0.3, 0.4) is 0 Å². The van der Waals surface area contributed by atoms with Crippen LogP contribution in [0.25, 0.3) is 10.2 Å². The van der Waals surface area contributed by atoms with E-state index in [0.717, 1.165) is 16.0 Å². The van der Waals surface area contributed by atoms with Crippen molar-refractivity contribution in [2.45, 2.75) is 13.0 Å². The van der Waals surface area contributed by atoms with Gasteiger partial charge in [0, 0.05) is 0 Å². The van der Waals surface area contributed by atoms with Gasteiger partial charge in [-0.25, -0.2) is 4.98 Å². The smallest absolute Gasteiger partial charge is 0.242 e. The normalized spacial score (nSPS) is 12.4. The van der Waals surface area contributed by atoms with Crippen LogP contribution in [-0.4, -0.2) is 24.0 Å². The number of hydrogen-bond acceptors (Lipinski definition) is 5. The summed E-state index contributed by atoms with van der Waals surface area (Å²) in [4.78, 5) is 15.7. The average molecular weight is 251 g/mol. The Morgan fingerprint density at radius 1 is 1.59 bits per heavy atom. The maximum atomic E-state index is 11.4. The lowest BCUT2D eigenvalue weighted by molar-refractivity contribution is -0.117. The highest BCUT2D eigenvalue weighted by Crippen LogP contribution is 2.29. The number of methoxy groups -OCH3 is 1. The van der Waals surface area contributed by atoms with Crippen molar-refractivity contribution in [3.8, 4) is 5.75 Å². The molecule has 0 bridgehead atoms. The van der Waals surface area contributed by atoms with E-state index in [1.54, 1.807) is 14.0 Å². The number of nitrogens with one attached hydrogen (secondary N) is 1. The number of carbonyl (C=O) groups excluding carboxylic acids is 1. The van der Waals surface area contributed by atoms with Gasteiger partial charge >= 0.3 is 0 Å². The standard InChI is InChI=1S/C11H13N3O2S/c1-6(12)10(15)14-11-13-8-4-3-7(16-2)5-9(8)17-11/h3-6H,12H2,1-2H3,(H,13,14,15). The van der Waals surface area contributed by atoms with Crippen LogP contribution in [0, 0.1) is 0 Å². The molecule has 0 aliphatic carbocycles. The molecule has 0 saturated heterocycles. The van der Waals surface area contributed by atoms with Crippen LogP contribution in [0.2, 0.25) is 0 Å². The number of rotatable bonds is 3. The van der Waals surface area contributed by atoms with E-state index in [1.807, 2.05) is 18.2 Å². The molecule has 2 rings (SSSR count). The number of nitrogens with two attached hydrogens (primary N) is 1. The van der Waals surface area contributed by atoms with Crippen LogP contribution >= 0.6 is 11.3 Å². The number of thiazole rings is 1. The van der Waals surface area contributed by atoms with E-state index < -0.39 is 6.04 Å². The lowest BCUT2D eigenvalue weighted by atomic mass is 10.3. The van der Waals surface area contributed by atoms with Gasteiger partial charge in [0.25, 0.3) is 0 Å². The first-order valence-electron chi connectivity index (χ1n) is 5.11. The molecule has 0 aliphatic heterocycles. The first-order valence-corrected chi connectivity index (χ1v) is 5.93. The fourth-order valence-electron chi connectivity index (χ4n) is 1.30. The molecule has 1 unspecified atom stereocenters. The Labute approximate surface area is 103 Å². The van der Waals surface area contributed by atoms with Gasteiger partial charge in [0.2, 0.25) is 5.91 Å². The van der Waals surface area contributed by atoms with E-state index in [4.69, 9.17) is 10.5 Å². The van der Waals surface area contributed by atoms with Crippen LogP contribution in [0.1, 0.15) is 6.92 Å². The zero-order valence-electron chi connectivity index (χ0n) is 9.56. The van der Waals surface area contributed by atoms with Gasteiger partial charge in [0.1, 0.15) is 5.75 Å². The average Bonchev–Trinajstić information content (AvgIpc) is 2.69. The highest BCUT2D eigenvalue weighted by molar-refractivity contribution is 7.22. The van der Waals surface area contributed by atoms with E-state index in [1.165, 1.54) is 11.3 Å². The summed E-state index contributed by atoms with van der Waals surface area (Å²) < 4.78 is 6.08. The van der Waals surface area contributed by atoms with Gasteiger partial charge in [0.05, 0.1) is 23.4 Å². The molecule has 0 saturated carbocycles. The van der Waals surface area contributed by atoms with Gasteiger partial charge < -0.3 is 15.8 Å². The highest BCUT2D eigenvalue weighted by Gasteiger charge is 2.11. The predicted octanol–water partition coefficient (Wildman–Crippen LogP) is 1.59. The Hall–Kier alpha value is -1.66. The molecule has 2 aromatic rings. The number of hydrogen-bond donors (Lipinski definition) is 2. The maximum absolute atomic E-state index is 11.4. The monoisotopic (exact) mass is 251 g/mol. The maximum Gasteiger partial charge on any atom is 0.242 e. The largest absolute Gasteiger partial charge is 0.497 e. The Balaban J connectivity index is 2.28. The van der Waals surface area contributed by atoms with E-state index in [0.29, 0.717) is 5.13 Å². The van der Waals surface area contributed by atoms with Crippen molar-refractivity contribution in [1.29, 1.82) is 0 Å². The lowest BCUT2D eigenvalue weighted by Crippen LogP contribution is -2.32. The van der Waals surface area contributed by atoms with Crippen LogP contribution in [0.4, 0.5) is 5.13 Å². The second-order valence-corrected chi connectivity index (χ2v) is 4.66. The van der Waals surface area contributed by atoms with Crippen LogP contribution in [0.15, 0.2) is 18.2 Å². The van der Waals surface area contributed by atoms with Crippen LogP contribution < -0.4 is 15.8 Å². The molecule has 5 nitrogen and oxygen atoms in total. The summed E-state index contributed by atoms with van der Waals surface area (Å²) in [6, 6.07) is 5.02. The number of aromatic nitrogens is 1. The van der Waals surface area contributed by atoms with E-state index in [-0.39, 0.29) is 5.91 Å². The molecule has 3 N–H and O–H groups in total. The van der Waals surface area contributed by atoms with Crippen molar-refractivity contribution in [3.63, 3.8) is 0 Å². The molecule has 1 amide bonds. The topological polar surface area (TPSA) is 77.2 Å². The summed E-state index contributed by atoms with van der Waals surface area (Å²) in [6.45, 7) is 1.63. The SMILES string of the molecule is COc1ccc2nc(NC(=O)C(C)N)sc2c1. The Kier molecular flexibility index (Phi) is 3.26. The van der Waals surface area contributed by atoms with Crippen molar-refractivity contribution in [2.24, 2.45) is 5.73 Å². The third-order valence-electron chi connectivity index (χ3n) is 2.24. The Morgan fingerprint density at radius 2 is 2.35 bits per heavy atom.